The molecule has 0 unspecified atom stereocenters. The van der Waals surface area contributed by atoms with Gasteiger partial charge in [-0.15, -0.1) is 0 Å². The average molecular weight is 388 g/mol. The molecule has 0 atom stereocenters. The Morgan fingerprint density at radius 2 is 1.86 bits per heavy atom. The zero-order valence-electron chi connectivity index (χ0n) is 16.3. The van der Waals surface area contributed by atoms with Gasteiger partial charge in [-0.05, 0) is 30.3 Å². The van der Waals surface area contributed by atoms with Crippen molar-refractivity contribution in [1.82, 2.24) is 19.9 Å². The third-order valence-electron chi connectivity index (χ3n) is 4.73. The third kappa shape index (κ3) is 3.38. The molecule has 4 rings (SSSR count). The van der Waals surface area contributed by atoms with Crippen LogP contribution in [-0.2, 0) is 0 Å². The Bertz CT molecular complexity index is 1210. The largest absolute Gasteiger partial charge is 0.508 e. The van der Waals surface area contributed by atoms with Gasteiger partial charge in [-0.2, -0.15) is 0 Å². The highest BCUT2D eigenvalue weighted by molar-refractivity contribution is 5.98. The molecule has 29 heavy (non-hydrogen) atoms. The first-order valence-corrected chi connectivity index (χ1v) is 8.99. The molecule has 0 saturated heterocycles. The molecule has 0 saturated carbocycles. The summed E-state index contributed by atoms with van der Waals surface area (Å²) in [4.78, 5) is 25.7. The predicted molar refractivity (Wildman–Crippen MR) is 111 cm³/mol. The number of hydrogen-bond acceptors (Lipinski definition) is 5. The van der Waals surface area contributed by atoms with E-state index in [-0.39, 0.29) is 11.7 Å². The predicted octanol–water partition coefficient (Wildman–Crippen LogP) is 3.71. The van der Waals surface area contributed by atoms with Crippen molar-refractivity contribution >= 4 is 16.9 Å². The van der Waals surface area contributed by atoms with Crippen molar-refractivity contribution in [3.8, 4) is 33.8 Å². The smallest absolute Gasteiger partial charge is 0.254 e. The molecule has 7 heteroatoms. The summed E-state index contributed by atoms with van der Waals surface area (Å²) in [5.41, 5.74) is 4.46. The zero-order chi connectivity index (χ0) is 20.5. The summed E-state index contributed by atoms with van der Waals surface area (Å²) in [5, 5.41) is 10.8. The van der Waals surface area contributed by atoms with Gasteiger partial charge in [-0.3, -0.25) is 9.78 Å². The number of pyridine rings is 2. The first-order chi connectivity index (χ1) is 14.0. The van der Waals surface area contributed by atoms with E-state index in [1.807, 2.05) is 12.3 Å². The van der Waals surface area contributed by atoms with E-state index in [9.17, 15) is 9.90 Å². The van der Waals surface area contributed by atoms with E-state index in [1.54, 1.807) is 64.1 Å². The van der Waals surface area contributed by atoms with Crippen molar-refractivity contribution in [3.63, 3.8) is 0 Å². The number of methoxy groups -OCH3 is 1. The molecule has 0 radical (unpaired) electrons. The average Bonchev–Trinajstić information content (AvgIpc) is 3.16. The lowest BCUT2D eigenvalue weighted by molar-refractivity contribution is 0.0827. The standard InChI is InChI=1S/C22H20N4O3/c1-26(2)22(28)15-6-13(9-23-10-15)14-7-18-19(12-25-21(18)24-11-14)17-8-16(27)4-5-20(17)29-3/h4-12,27H,1-3H3,(H,24,25). The van der Waals surface area contributed by atoms with Gasteiger partial charge in [0.05, 0.1) is 12.7 Å². The summed E-state index contributed by atoms with van der Waals surface area (Å²) >= 11 is 0. The SMILES string of the molecule is COc1ccc(O)cc1-c1c[nH]c2ncc(-c3cncc(C(=O)N(C)C)c3)cc12. The van der Waals surface area contributed by atoms with E-state index in [1.165, 1.54) is 4.90 Å². The van der Waals surface area contributed by atoms with Gasteiger partial charge in [0.1, 0.15) is 17.1 Å². The number of phenolic OH excluding ortho intramolecular Hbond substituents is 1. The first-order valence-electron chi connectivity index (χ1n) is 8.99. The summed E-state index contributed by atoms with van der Waals surface area (Å²) in [6.07, 6.45) is 6.83. The number of phenols is 1. The van der Waals surface area contributed by atoms with Gasteiger partial charge in [0.15, 0.2) is 0 Å². The molecule has 7 nitrogen and oxygen atoms in total. The van der Waals surface area contributed by atoms with Gasteiger partial charge in [0.25, 0.3) is 5.91 Å². The molecule has 0 spiro atoms. The number of ether oxygens (including phenoxy) is 1. The second kappa shape index (κ2) is 7.27. The van der Waals surface area contributed by atoms with Crippen molar-refractivity contribution in [3.05, 3.63) is 60.7 Å². The summed E-state index contributed by atoms with van der Waals surface area (Å²) in [7, 11) is 5.00. The highest BCUT2D eigenvalue weighted by atomic mass is 16.5. The molecule has 0 aliphatic heterocycles. The summed E-state index contributed by atoms with van der Waals surface area (Å²) in [6, 6.07) is 8.75. The Morgan fingerprint density at radius 3 is 2.62 bits per heavy atom. The quantitative estimate of drug-likeness (QED) is 0.556. The van der Waals surface area contributed by atoms with E-state index in [0.717, 1.165) is 27.6 Å². The van der Waals surface area contributed by atoms with Gasteiger partial charge in [-0.25, -0.2) is 4.98 Å². The zero-order valence-corrected chi connectivity index (χ0v) is 16.3. The van der Waals surface area contributed by atoms with Crippen molar-refractivity contribution in [2.75, 3.05) is 21.2 Å². The number of hydrogen-bond donors (Lipinski definition) is 2. The normalized spacial score (nSPS) is 10.9. The molecule has 0 bridgehead atoms. The van der Waals surface area contributed by atoms with Crippen LogP contribution >= 0.6 is 0 Å². The fourth-order valence-electron chi connectivity index (χ4n) is 3.26. The molecule has 2 N–H and O–H groups in total. The fraction of sp³-hybridized carbons (Fsp3) is 0.136. The Balaban J connectivity index is 1.84. The van der Waals surface area contributed by atoms with Crippen LogP contribution in [0.5, 0.6) is 11.5 Å². The van der Waals surface area contributed by atoms with Gasteiger partial charge >= 0.3 is 0 Å². The van der Waals surface area contributed by atoms with Crippen molar-refractivity contribution in [2.45, 2.75) is 0 Å². The molecule has 0 aliphatic rings. The maximum Gasteiger partial charge on any atom is 0.254 e. The fourth-order valence-corrected chi connectivity index (χ4v) is 3.26. The van der Waals surface area contributed by atoms with Crippen molar-refractivity contribution in [1.29, 1.82) is 0 Å². The number of carbonyl (C=O) groups excluding carboxylic acids is 1. The molecular weight excluding hydrogens is 368 g/mol. The van der Waals surface area contributed by atoms with Crippen LogP contribution in [0.15, 0.2) is 55.1 Å². The second-order valence-corrected chi connectivity index (χ2v) is 6.87. The number of aromatic hydroxyl groups is 1. The van der Waals surface area contributed by atoms with E-state index in [0.29, 0.717) is 17.0 Å². The number of amides is 1. The molecule has 3 heterocycles. The van der Waals surface area contributed by atoms with E-state index < -0.39 is 0 Å². The van der Waals surface area contributed by atoms with Crippen LogP contribution in [0.2, 0.25) is 0 Å². The number of carbonyl (C=O) groups is 1. The third-order valence-corrected chi connectivity index (χ3v) is 4.73. The highest BCUT2D eigenvalue weighted by Crippen LogP contribution is 2.38. The lowest BCUT2D eigenvalue weighted by atomic mass is 10.0. The van der Waals surface area contributed by atoms with E-state index >= 15 is 0 Å². The van der Waals surface area contributed by atoms with E-state index in [4.69, 9.17) is 4.74 Å². The molecule has 3 aromatic heterocycles. The summed E-state index contributed by atoms with van der Waals surface area (Å²) in [5.74, 6) is 0.688. The Hall–Kier alpha value is -3.87. The molecule has 1 amide bonds. The molecular formula is C22H20N4O3. The van der Waals surface area contributed by atoms with Crippen molar-refractivity contribution < 1.29 is 14.6 Å². The molecule has 0 fully saturated rings. The molecule has 0 aliphatic carbocycles. The minimum atomic E-state index is -0.111. The van der Waals surface area contributed by atoms with E-state index in [2.05, 4.69) is 15.0 Å². The van der Waals surface area contributed by atoms with Crippen LogP contribution in [0.3, 0.4) is 0 Å². The number of aromatic amines is 1. The number of benzene rings is 1. The van der Waals surface area contributed by atoms with Gasteiger partial charge in [0, 0.05) is 66.5 Å². The number of H-pyrrole nitrogens is 1. The Kier molecular flexibility index (Phi) is 4.64. The molecule has 146 valence electrons. The van der Waals surface area contributed by atoms with Crippen LogP contribution < -0.4 is 4.74 Å². The maximum atomic E-state index is 12.3. The van der Waals surface area contributed by atoms with Crippen LogP contribution in [0.25, 0.3) is 33.3 Å². The molecule has 1 aromatic carbocycles. The van der Waals surface area contributed by atoms with Crippen LogP contribution in [-0.4, -0.2) is 52.1 Å². The topological polar surface area (TPSA) is 91.3 Å². The monoisotopic (exact) mass is 388 g/mol. The van der Waals surface area contributed by atoms with Gasteiger partial charge < -0.3 is 19.7 Å². The van der Waals surface area contributed by atoms with Crippen LogP contribution in [0, 0.1) is 0 Å². The Labute approximate surface area is 167 Å². The number of rotatable bonds is 4. The van der Waals surface area contributed by atoms with Crippen LogP contribution in [0.4, 0.5) is 0 Å². The Morgan fingerprint density at radius 1 is 1.07 bits per heavy atom. The summed E-state index contributed by atoms with van der Waals surface area (Å²) in [6.45, 7) is 0. The minimum Gasteiger partial charge on any atom is -0.508 e. The second-order valence-electron chi connectivity index (χ2n) is 6.87. The number of nitrogens with one attached hydrogen (secondary N) is 1. The maximum absolute atomic E-state index is 12.3. The lowest BCUT2D eigenvalue weighted by Gasteiger charge is -2.11. The highest BCUT2D eigenvalue weighted by Gasteiger charge is 2.15. The number of fused-ring (bicyclic) bond motifs is 1. The van der Waals surface area contributed by atoms with Gasteiger partial charge in [0.2, 0.25) is 0 Å². The van der Waals surface area contributed by atoms with Crippen LogP contribution in [0.1, 0.15) is 10.4 Å². The first kappa shape index (κ1) is 18.5. The molecule has 4 aromatic rings. The minimum absolute atomic E-state index is 0.111. The lowest BCUT2D eigenvalue weighted by Crippen LogP contribution is -2.21. The number of nitrogens with zero attached hydrogens (tertiary/aromatic N) is 3. The van der Waals surface area contributed by atoms with Gasteiger partial charge in [-0.1, -0.05) is 0 Å². The van der Waals surface area contributed by atoms with Crippen molar-refractivity contribution in [2.24, 2.45) is 0 Å². The number of aromatic nitrogens is 3. The summed E-state index contributed by atoms with van der Waals surface area (Å²) < 4.78 is 5.45.